The molecule has 0 fully saturated rings. The van der Waals surface area contributed by atoms with Crippen LogP contribution in [-0.4, -0.2) is 24.2 Å². The van der Waals surface area contributed by atoms with E-state index >= 15 is 0 Å². The fourth-order valence-corrected chi connectivity index (χ4v) is 2.30. The van der Waals surface area contributed by atoms with Gasteiger partial charge in [0.15, 0.2) is 0 Å². The maximum atomic E-state index is 11.2. The molecule has 94 valence electrons. The van der Waals surface area contributed by atoms with Gasteiger partial charge in [0.2, 0.25) is 0 Å². The molecule has 2 rings (SSSR count). The lowest BCUT2D eigenvalue weighted by atomic mass is 10.1. The van der Waals surface area contributed by atoms with Gasteiger partial charge in [-0.05, 0) is 17.9 Å². The highest BCUT2D eigenvalue weighted by atomic mass is 16.4. The Morgan fingerprint density at radius 1 is 1.22 bits per heavy atom. The minimum absolute atomic E-state index is 0.490. The van der Waals surface area contributed by atoms with Gasteiger partial charge in [0.1, 0.15) is 6.04 Å². The second-order valence-corrected chi connectivity index (χ2v) is 4.37. The molecule has 0 aliphatic heterocycles. The van der Waals surface area contributed by atoms with E-state index in [-0.39, 0.29) is 0 Å². The van der Waals surface area contributed by atoms with E-state index in [2.05, 4.69) is 0 Å². The first-order valence-corrected chi connectivity index (χ1v) is 6.08. The number of likely N-dealkylation sites (N-methyl/N-ethyl adjacent to an activating group) is 1. The fourth-order valence-electron chi connectivity index (χ4n) is 2.30. The predicted molar refractivity (Wildman–Crippen MR) is 74.1 cm³/mol. The number of hydrogen-bond donors (Lipinski definition) is 1. The highest BCUT2D eigenvalue weighted by Crippen LogP contribution is 2.27. The summed E-state index contributed by atoms with van der Waals surface area (Å²) in [5.74, 6) is -0.784. The largest absolute Gasteiger partial charge is 0.480 e. The monoisotopic (exact) mass is 243 g/mol. The number of benzene rings is 2. The third kappa shape index (κ3) is 2.16. The molecule has 1 N–H and O–H groups in total. The highest BCUT2D eigenvalue weighted by Gasteiger charge is 2.21. The van der Waals surface area contributed by atoms with Gasteiger partial charge in [-0.2, -0.15) is 0 Å². The molecule has 0 aromatic heterocycles. The molecular formula is C15H17NO2. The van der Waals surface area contributed by atoms with Crippen molar-refractivity contribution in [2.24, 2.45) is 0 Å². The normalized spacial score (nSPS) is 12.3. The number of carboxylic acids is 1. The zero-order valence-electron chi connectivity index (χ0n) is 10.6. The van der Waals surface area contributed by atoms with Crippen molar-refractivity contribution >= 4 is 22.4 Å². The maximum Gasteiger partial charge on any atom is 0.326 e. The molecule has 0 aliphatic rings. The zero-order valence-corrected chi connectivity index (χ0v) is 10.6. The van der Waals surface area contributed by atoms with Crippen LogP contribution in [0.1, 0.15) is 13.3 Å². The first kappa shape index (κ1) is 12.4. The van der Waals surface area contributed by atoms with Crippen molar-refractivity contribution in [3.05, 3.63) is 42.5 Å². The molecule has 3 nitrogen and oxygen atoms in total. The van der Waals surface area contributed by atoms with Gasteiger partial charge in [0.25, 0.3) is 0 Å². The fraction of sp³-hybridized carbons (Fsp3) is 0.267. The third-order valence-electron chi connectivity index (χ3n) is 3.29. The van der Waals surface area contributed by atoms with Crippen LogP contribution in [-0.2, 0) is 4.79 Å². The van der Waals surface area contributed by atoms with Crippen molar-refractivity contribution < 1.29 is 9.90 Å². The van der Waals surface area contributed by atoms with E-state index in [9.17, 15) is 9.90 Å². The molecule has 2 aromatic carbocycles. The van der Waals surface area contributed by atoms with Crippen LogP contribution in [0.2, 0.25) is 0 Å². The smallest absolute Gasteiger partial charge is 0.326 e. The maximum absolute atomic E-state index is 11.2. The lowest BCUT2D eigenvalue weighted by Gasteiger charge is -2.27. The molecule has 0 amide bonds. The van der Waals surface area contributed by atoms with Gasteiger partial charge in [-0.1, -0.05) is 43.3 Å². The van der Waals surface area contributed by atoms with Crippen molar-refractivity contribution in [3.63, 3.8) is 0 Å². The summed E-state index contributed by atoms with van der Waals surface area (Å²) in [4.78, 5) is 13.1. The topological polar surface area (TPSA) is 40.5 Å². The van der Waals surface area contributed by atoms with E-state index < -0.39 is 12.0 Å². The molecule has 2 aromatic rings. The van der Waals surface area contributed by atoms with Crippen LogP contribution >= 0.6 is 0 Å². The Morgan fingerprint density at radius 3 is 2.56 bits per heavy atom. The lowest BCUT2D eigenvalue weighted by Crippen LogP contribution is -2.38. The molecule has 18 heavy (non-hydrogen) atoms. The quantitative estimate of drug-likeness (QED) is 0.896. The van der Waals surface area contributed by atoms with E-state index in [1.165, 1.54) is 0 Å². The Hall–Kier alpha value is -2.03. The SMILES string of the molecule is CC[C@@H](C(=O)O)N(C)c1cccc2ccccc12. The van der Waals surface area contributed by atoms with Gasteiger partial charge >= 0.3 is 5.97 Å². The molecule has 0 heterocycles. The molecule has 0 radical (unpaired) electrons. The number of aliphatic carboxylic acids is 1. The summed E-state index contributed by atoms with van der Waals surface area (Å²) in [6, 6.07) is 13.5. The Balaban J connectivity index is 2.50. The average Bonchev–Trinajstić information content (AvgIpc) is 2.38. The van der Waals surface area contributed by atoms with E-state index in [0.717, 1.165) is 16.5 Å². The second kappa shape index (κ2) is 5.08. The van der Waals surface area contributed by atoms with Crippen molar-refractivity contribution in [1.82, 2.24) is 0 Å². The van der Waals surface area contributed by atoms with E-state index in [0.29, 0.717) is 6.42 Å². The van der Waals surface area contributed by atoms with Crippen LogP contribution in [0.15, 0.2) is 42.5 Å². The Bertz CT molecular complexity index is 560. The summed E-state index contributed by atoms with van der Waals surface area (Å²) in [6.07, 6.45) is 0.578. The first-order chi connectivity index (χ1) is 8.65. The summed E-state index contributed by atoms with van der Waals surface area (Å²) in [6.45, 7) is 1.89. The number of carbonyl (C=O) groups is 1. The molecule has 1 atom stereocenters. The summed E-state index contributed by atoms with van der Waals surface area (Å²) in [5, 5.41) is 11.4. The summed E-state index contributed by atoms with van der Waals surface area (Å²) < 4.78 is 0. The molecule has 0 aliphatic carbocycles. The van der Waals surface area contributed by atoms with Crippen molar-refractivity contribution in [2.45, 2.75) is 19.4 Å². The molecule has 0 spiro atoms. The minimum atomic E-state index is -0.784. The van der Waals surface area contributed by atoms with Gasteiger partial charge < -0.3 is 10.0 Å². The molecule has 0 saturated heterocycles. The van der Waals surface area contributed by atoms with Crippen LogP contribution in [0, 0.1) is 0 Å². The number of anilines is 1. The van der Waals surface area contributed by atoms with Crippen LogP contribution in [0.3, 0.4) is 0 Å². The third-order valence-corrected chi connectivity index (χ3v) is 3.29. The highest BCUT2D eigenvalue weighted by molar-refractivity contribution is 5.95. The summed E-state index contributed by atoms with van der Waals surface area (Å²) in [5.41, 5.74) is 0.961. The number of hydrogen-bond acceptors (Lipinski definition) is 2. The number of fused-ring (bicyclic) bond motifs is 1. The number of carboxylic acid groups (broad SMARTS) is 1. The average molecular weight is 243 g/mol. The molecule has 0 unspecified atom stereocenters. The standard InChI is InChI=1S/C15H17NO2/c1-3-13(15(17)18)16(2)14-10-6-8-11-7-4-5-9-12(11)14/h4-10,13H,3H2,1-2H3,(H,17,18)/t13-/m0/s1. The Labute approximate surface area is 107 Å². The van der Waals surface area contributed by atoms with Gasteiger partial charge in [0.05, 0.1) is 0 Å². The van der Waals surface area contributed by atoms with Gasteiger partial charge in [-0.15, -0.1) is 0 Å². The van der Waals surface area contributed by atoms with Crippen LogP contribution < -0.4 is 4.90 Å². The number of rotatable bonds is 4. The van der Waals surface area contributed by atoms with Crippen LogP contribution in [0.25, 0.3) is 10.8 Å². The number of nitrogens with zero attached hydrogens (tertiary/aromatic N) is 1. The van der Waals surface area contributed by atoms with Crippen LogP contribution in [0.4, 0.5) is 5.69 Å². The van der Waals surface area contributed by atoms with E-state index in [4.69, 9.17) is 0 Å². The van der Waals surface area contributed by atoms with E-state index in [1.54, 1.807) is 0 Å². The predicted octanol–water partition coefficient (Wildman–Crippen LogP) is 3.14. The van der Waals surface area contributed by atoms with Gasteiger partial charge in [-0.3, -0.25) is 0 Å². The van der Waals surface area contributed by atoms with Gasteiger partial charge in [0, 0.05) is 18.1 Å². The van der Waals surface area contributed by atoms with Crippen molar-refractivity contribution in [1.29, 1.82) is 0 Å². The summed E-state index contributed by atoms with van der Waals surface area (Å²) >= 11 is 0. The first-order valence-electron chi connectivity index (χ1n) is 6.08. The Morgan fingerprint density at radius 2 is 1.89 bits per heavy atom. The van der Waals surface area contributed by atoms with E-state index in [1.807, 2.05) is 61.3 Å². The minimum Gasteiger partial charge on any atom is -0.480 e. The van der Waals surface area contributed by atoms with Crippen molar-refractivity contribution in [3.8, 4) is 0 Å². The second-order valence-electron chi connectivity index (χ2n) is 4.37. The van der Waals surface area contributed by atoms with Gasteiger partial charge in [-0.25, -0.2) is 4.79 Å². The zero-order chi connectivity index (χ0) is 13.1. The molecule has 0 saturated carbocycles. The van der Waals surface area contributed by atoms with Crippen molar-refractivity contribution in [2.75, 3.05) is 11.9 Å². The molecular weight excluding hydrogens is 226 g/mol. The van der Waals surface area contributed by atoms with Crippen LogP contribution in [0.5, 0.6) is 0 Å². The lowest BCUT2D eigenvalue weighted by molar-refractivity contribution is -0.138. The molecule has 3 heteroatoms. The summed E-state index contributed by atoms with van der Waals surface area (Å²) in [7, 11) is 1.84. The molecule has 0 bridgehead atoms. The Kier molecular flexibility index (Phi) is 3.51.